The molecule has 0 unspecified atom stereocenters. The number of pyridine rings is 1. The van der Waals surface area contributed by atoms with Crippen molar-refractivity contribution in [3.63, 3.8) is 0 Å². The second kappa shape index (κ2) is 4.50. The highest BCUT2D eigenvalue weighted by atomic mass is 79.9. The first-order chi connectivity index (χ1) is 9.08. The van der Waals surface area contributed by atoms with Gasteiger partial charge in [0.05, 0.1) is 11.2 Å². The van der Waals surface area contributed by atoms with E-state index in [0.29, 0.717) is 11.2 Å². The summed E-state index contributed by atoms with van der Waals surface area (Å²) in [6, 6.07) is 5.70. The molecule has 1 aromatic carbocycles. The van der Waals surface area contributed by atoms with Gasteiger partial charge < -0.3 is 4.98 Å². The van der Waals surface area contributed by atoms with Gasteiger partial charge >= 0.3 is 0 Å². The Morgan fingerprint density at radius 1 is 1.32 bits per heavy atom. The van der Waals surface area contributed by atoms with Gasteiger partial charge in [-0.05, 0) is 46.3 Å². The molecule has 7 heteroatoms. The predicted molar refractivity (Wildman–Crippen MR) is 73.9 cm³/mol. The van der Waals surface area contributed by atoms with Crippen LogP contribution >= 0.6 is 28.1 Å². The van der Waals surface area contributed by atoms with Crippen LogP contribution in [0.2, 0.25) is 0 Å². The number of nitrogens with one attached hydrogen (secondary N) is 1. The molecule has 0 amide bonds. The number of rotatable bonds is 1. The third kappa shape index (κ3) is 1.98. The number of fused-ring (bicyclic) bond motifs is 1. The Morgan fingerprint density at radius 3 is 2.89 bits per heavy atom. The summed E-state index contributed by atoms with van der Waals surface area (Å²) in [5.41, 5.74) is 1.12. The molecule has 0 fully saturated rings. The van der Waals surface area contributed by atoms with Crippen LogP contribution in [-0.4, -0.2) is 14.5 Å². The molecule has 3 nitrogen and oxygen atoms in total. The van der Waals surface area contributed by atoms with Crippen molar-refractivity contribution in [1.29, 1.82) is 0 Å². The monoisotopic (exact) mass is 341 g/mol. The molecule has 2 heterocycles. The summed E-state index contributed by atoms with van der Waals surface area (Å²) in [5.74, 6) is -1.88. The van der Waals surface area contributed by atoms with Crippen molar-refractivity contribution in [3.8, 4) is 5.69 Å². The number of nitrogens with zero attached hydrogens (tertiary/aromatic N) is 2. The van der Waals surface area contributed by atoms with E-state index in [2.05, 4.69) is 25.9 Å². The van der Waals surface area contributed by atoms with Crippen molar-refractivity contribution in [1.82, 2.24) is 14.5 Å². The fourth-order valence-corrected chi connectivity index (χ4v) is 2.48. The van der Waals surface area contributed by atoms with E-state index in [9.17, 15) is 8.78 Å². The second-order valence-electron chi connectivity index (χ2n) is 3.86. The topological polar surface area (TPSA) is 33.6 Å². The standard InChI is InChI=1S/C12H6BrF2N3S/c13-6-4-8-11(16-5-6)18(12(19)17-8)9-3-1-2-7(14)10(9)15/h1-5H,(H,17,19). The van der Waals surface area contributed by atoms with E-state index in [1.807, 2.05) is 0 Å². The number of aromatic amines is 1. The summed E-state index contributed by atoms with van der Waals surface area (Å²) in [5, 5.41) is 0. The van der Waals surface area contributed by atoms with Crippen LogP contribution < -0.4 is 0 Å². The highest BCUT2D eigenvalue weighted by Crippen LogP contribution is 2.23. The molecule has 0 saturated heterocycles. The Morgan fingerprint density at radius 2 is 2.11 bits per heavy atom. The first kappa shape index (κ1) is 12.4. The number of aromatic nitrogens is 3. The number of hydrogen-bond acceptors (Lipinski definition) is 2. The van der Waals surface area contributed by atoms with Crippen LogP contribution in [0.4, 0.5) is 8.78 Å². The molecule has 0 atom stereocenters. The Balaban J connectivity index is 2.40. The highest BCUT2D eigenvalue weighted by Gasteiger charge is 2.14. The highest BCUT2D eigenvalue weighted by molar-refractivity contribution is 9.10. The summed E-state index contributed by atoms with van der Waals surface area (Å²) in [4.78, 5) is 7.09. The van der Waals surface area contributed by atoms with Crippen LogP contribution in [0.15, 0.2) is 34.9 Å². The number of benzene rings is 1. The molecule has 3 aromatic rings. The molecule has 2 aromatic heterocycles. The van der Waals surface area contributed by atoms with Gasteiger partial charge in [-0.2, -0.15) is 0 Å². The Kier molecular flexibility index (Phi) is 2.94. The Bertz CT molecular complexity index is 841. The van der Waals surface area contributed by atoms with Gasteiger partial charge in [0, 0.05) is 10.7 Å². The van der Waals surface area contributed by atoms with Crippen molar-refractivity contribution in [2.75, 3.05) is 0 Å². The normalized spacial score (nSPS) is 11.1. The first-order valence-corrected chi connectivity index (χ1v) is 6.48. The van der Waals surface area contributed by atoms with Crippen LogP contribution in [0.5, 0.6) is 0 Å². The van der Waals surface area contributed by atoms with Crippen molar-refractivity contribution in [3.05, 3.63) is 51.3 Å². The Labute approximate surface area is 120 Å². The third-order valence-corrected chi connectivity index (χ3v) is 3.38. The minimum absolute atomic E-state index is 0.0334. The maximum Gasteiger partial charge on any atom is 0.184 e. The van der Waals surface area contributed by atoms with Gasteiger partial charge in [-0.25, -0.2) is 13.8 Å². The zero-order chi connectivity index (χ0) is 13.6. The lowest BCUT2D eigenvalue weighted by atomic mass is 10.3. The van der Waals surface area contributed by atoms with E-state index in [0.717, 1.165) is 10.5 Å². The minimum Gasteiger partial charge on any atom is -0.329 e. The Hall–Kier alpha value is -1.60. The third-order valence-electron chi connectivity index (χ3n) is 2.66. The summed E-state index contributed by atoms with van der Waals surface area (Å²) in [7, 11) is 0. The van der Waals surface area contributed by atoms with Gasteiger partial charge in [0.1, 0.15) is 0 Å². The van der Waals surface area contributed by atoms with Crippen molar-refractivity contribution < 1.29 is 8.78 Å². The first-order valence-electron chi connectivity index (χ1n) is 5.28. The van der Waals surface area contributed by atoms with E-state index < -0.39 is 11.6 Å². The molecule has 0 aliphatic rings. The average Bonchev–Trinajstić information content (AvgIpc) is 2.68. The number of H-pyrrole nitrogens is 1. The lowest BCUT2D eigenvalue weighted by molar-refractivity contribution is 0.504. The predicted octanol–water partition coefficient (Wildman–Crippen LogP) is 4.12. The summed E-state index contributed by atoms with van der Waals surface area (Å²) in [6.45, 7) is 0. The van der Waals surface area contributed by atoms with Crippen LogP contribution in [0.3, 0.4) is 0 Å². The molecule has 0 aliphatic heterocycles. The molecule has 0 bridgehead atoms. The van der Waals surface area contributed by atoms with Gasteiger partial charge in [0.2, 0.25) is 0 Å². The zero-order valence-corrected chi connectivity index (χ0v) is 11.7. The maximum atomic E-state index is 13.9. The number of imidazole rings is 1. The van der Waals surface area contributed by atoms with Gasteiger partial charge in [-0.1, -0.05) is 6.07 Å². The van der Waals surface area contributed by atoms with E-state index >= 15 is 0 Å². The fraction of sp³-hybridized carbons (Fsp3) is 0. The van der Waals surface area contributed by atoms with E-state index in [1.54, 1.807) is 12.3 Å². The molecule has 0 spiro atoms. The van der Waals surface area contributed by atoms with Crippen LogP contribution in [-0.2, 0) is 0 Å². The van der Waals surface area contributed by atoms with Crippen LogP contribution in [0, 0.1) is 16.4 Å². The van der Waals surface area contributed by atoms with Gasteiger partial charge in [0.15, 0.2) is 22.1 Å². The molecule has 3 rings (SSSR count). The summed E-state index contributed by atoms with van der Waals surface area (Å²) in [6.07, 6.45) is 1.57. The molecule has 0 saturated carbocycles. The maximum absolute atomic E-state index is 13.9. The van der Waals surface area contributed by atoms with E-state index in [4.69, 9.17) is 12.2 Å². The molecule has 19 heavy (non-hydrogen) atoms. The molecule has 0 radical (unpaired) electrons. The lowest BCUT2D eigenvalue weighted by Crippen LogP contribution is -2.00. The summed E-state index contributed by atoms with van der Waals surface area (Å²) >= 11 is 8.43. The molecular weight excluding hydrogens is 336 g/mol. The quantitative estimate of drug-likeness (QED) is 0.675. The molecular formula is C12H6BrF2N3S. The average molecular weight is 342 g/mol. The number of halogens is 3. The second-order valence-corrected chi connectivity index (χ2v) is 5.17. The molecule has 1 N–H and O–H groups in total. The van der Waals surface area contributed by atoms with Crippen LogP contribution in [0.25, 0.3) is 16.9 Å². The van der Waals surface area contributed by atoms with E-state index in [1.165, 1.54) is 16.7 Å². The number of hydrogen-bond donors (Lipinski definition) is 1. The lowest BCUT2D eigenvalue weighted by Gasteiger charge is -2.05. The smallest absolute Gasteiger partial charge is 0.184 e. The molecule has 96 valence electrons. The van der Waals surface area contributed by atoms with Crippen molar-refractivity contribution in [2.24, 2.45) is 0 Å². The fourth-order valence-electron chi connectivity index (χ4n) is 1.86. The van der Waals surface area contributed by atoms with E-state index in [-0.39, 0.29) is 10.5 Å². The van der Waals surface area contributed by atoms with Gasteiger partial charge in [-0.15, -0.1) is 0 Å². The van der Waals surface area contributed by atoms with Crippen molar-refractivity contribution >= 4 is 39.3 Å². The van der Waals surface area contributed by atoms with Gasteiger partial charge in [-0.3, -0.25) is 4.57 Å². The minimum atomic E-state index is -0.954. The molecule has 0 aliphatic carbocycles. The SMILES string of the molecule is Fc1cccc(-n2c(=S)[nH]c3cc(Br)cnc32)c1F. The summed E-state index contributed by atoms with van der Waals surface area (Å²) < 4.78 is 29.6. The largest absolute Gasteiger partial charge is 0.329 e. The van der Waals surface area contributed by atoms with Gasteiger partial charge in [0.25, 0.3) is 0 Å². The van der Waals surface area contributed by atoms with Crippen LogP contribution in [0.1, 0.15) is 0 Å². The zero-order valence-electron chi connectivity index (χ0n) is 9.32. The van der Waals surface area contributed by atoms with Crippen molar-refractivity contribution in [2.45, 2.75) is 0 Å².